The molecular weight excluding hydrogens is 262 g/mol. The molecule has 0 aromatic rings. The van der Waals surface area contributed by atoms with Gasteiger partial charge in [-0.05, 0) is 38.5 Å². The van der Waals surface area contributed by atoms with Crippen LogP contribution in [0.3, 0.4) is 0 Å². The third-order valence-corrected chi connectivity index (χ3v) is 5.94. The van der Waals surface area contributed by atoms with E-state index in [1.54, 1.807) is 15.7 Å². The zero-order chi connectivity index (χ0) is 14.5. The fraction of sp³-hybridized carbons (Fsp3) is 1.00. The van der Waals surface area contributed by atoms with Gasteiger partial charge in [0.05, 0.1) is 0 Å². The molecule has 0 radical (unpaired) electrons. The quantitative estimate of drug-likeness (QED) is 0.774. The molecule has 1 rings (SSSR count). The van der Waals surface area contributed by atoms with Crippen molar-refractivity contribution in [1.82, 2.24) is 8.61 Å². The molecule has 6 heteroatoms. The van der Waals surface area contributed by atoms with Crippen molar-refractivity contribution in [2.75, 3.05) is 20.1 Å². The Labute approximate surface area is 118 Å². The molecule has 2 N–H and O–H groups in total. The first kappa shape index (κ1) is 16.9. The van der Waals surface area contributed by atoms with Gasteiger partial charge in [-0.25, -0.2) is 0 Å². The highest BCUT2D eigenvalue weighted by atomic mass is 32.2. The third-order valence-electron chi connectivity index (χ3n) is 3.89. The maximum absolute atomic E-state index is 12.6. The Morgan fingerprint density at radius 1 is 1.05 bits per heavy atom. The first-order chi connectivity index (χ1) is 8.93. The van der Waals surface area contributed by atoms with Gasteiger partial charge in [0, 0.05) is 32.2 Å². The van der Waals surface area contributed by atoms with E-state index in [2.05, 4.69) is 0 Å². The van der Waals surface area contributed by atoms with E-state index in [-0.39, 0.29) is 12.1 Å². The average Bonchev–Trinajstić information content (AvgIpc) is 2.38. The molecule has 0 aromatic heterocycles. The molecule has 114 valence electrons. The van der Waals surface area contributed by atoms with E-state index in [4.69, 9.17) is 5.73 Å². The van der Waals surface area contributed by atoms with E-state index in [1.165, 1.54) is 0 Å². The molecule has 0 saturated heterocycles. The third kappa shape index (κ3) is 4.41. The van der Waals surface area contributed by atoms with Crippen LogP contribution in [-0.2, 0) is 10.2 Å². The van der Waals surface area contributed by atoms with Crippen LogP contribution in [0.5, 0.6) is 0 Å². The van der Waals surface area contributed by atoms with Gasteiger partial charge in [0.15, 0.2) is 0 Å². The zero-order valence-electron chi connectivity index (χ0n) is 12.5. The molecule has 0 aromatic carbocycles. The average molecular weight is 291 g/mol. The lowest BCUT2D eigenvalue weighted by atomic mass is 9.92. The maximum atomic E-state index is 12.6. The van der Waals surface area contributed by atoms with Crippen molar-refractivity contribution < 1.29 is 8.42 Å². The molecule has 0 unspecified atom stereocenters. The minimum absolute atomic E-state index is 0.112. The van der Waals surface area contributed by atoms with Gasteiger partial charge in [0.25, 0.3) is 10.2 Å². The summed E-state index contributed by atoms with van der Waals surface area (Å²) >= 11 is 0. The summed E-state index contributed by atoms with van der Waals surface area (Å²) in [5.74, 6) is 0. The number of nitrogens with two attached hydrogens (primary N) is 1. The van der Waals surface area contributed by atoms with Crippen molar-refractivity contribution in [3.05, 3.63) is 0 Å². The van der Waals surface area contributed by atoms with E-state index >= 15 is 0 Å². The smallest absolute Gasteiger partial charge is 0.281 e. The zero-order valence-corrected chi connectivity index (χ0v) is 13.3. The maximum Gasteiger partial charge on any atom is 0.281 e. The van der Waals surface area contributed by atoms with Crippen LogP contribution in [0, 0.1) is 0 Å². The first-order valence-corrected chi connectivity index (χ1v) is 8.81. The minimum Gasteiger partial charge on any atom is -0.328 e. The van der Waals surface area contributed by atoms with Crippen molar-refractivity contribution in [1.29, 1.82) is 0 Å². The van der Waals surface area contributed by atoms with E-state index in [0.29, 0.717) is 13.1 Å². The summed E-state index contributed by atoms with van der Waals surface area (Å²) in [6.45, 7) is 5.23. The molecule has 5 nitrogen and oxygen atoms in total. The molecular formula is C13H29N3O2S. The van der Waals surface area contributed by atoms with Crippen LogP contribution < -0.4 is 5.73 Å². The molecule has 0 amide bonds. The summed E-state index contributed by atoms with van der Waals surface area (Å²) in [5.41, 5.74) is 5.88. The molecule has 19 heavy (non-hydrogen) atoms. The fourth-order valence-corrected chi connectivity index (χ4v) is 4.46. The summed E-state index contributed by atoms with van der Waals surface area (Å²) in [4.78, 5) is 0. The molecule has 1 aliphatic carbocycles. The van der Waals surface area contributed by atoms with Crippen LogP contribution in [0.25, 0.3) is 0 Å². The highest BCUT2D eigenvalue weighted by Crippen LogP contribution is 2.24. The topological polar surface area (TPSA) is 66.6 Å². The Hall–Kier alpha value is -0.170. The first-order valence-electron chi connectivity index (χ1n) is 7.42. The summed E-state index contributed by atoms with van der Waals surface area (Å²) in [6, 6.07) is 0.357. The SMILES string of the molecule is CCCN(CCC)S(=O)(=O)N(C)C1CCC(N)CC1. The normalized spacial score (nSPS) is 25.2. The molecule has 1 saturated carbocycles. The number of rotatable bonds is 7. The van der Waals surface area contributed by atoms with Gasteiger partial charge in [-0.3, -0.25) is 0 Å². The largest absolute Gasteiger partial charge is 0.328 e. The Balaban J connectivity index is 2.73. The fourth-order valence-electron chi connectivity index (χ4n) is 2.68. The second-order valence-electron chi connectivity index (χ2n) is 5.49. The monoisotopic (exact) mass is 291 g/mol. The molecule has 1 aliphatic rings. The molecule has 0 bridgehead atoms. The molecule has 1 fully saturated rings. The van der Waals surface area contributed by atoms with Gasteiger partial charge >= 0.3 is 0 Å². The van der Waals surface area contributed by atoms with Gasteiger partial charge in [0.2, 0.25) is 0 Å². The Morgan fingerprint density at radius 3 is 1.95 bits per heavy atom. The summed E-state index contributed by atoms with van der Waals surface area (Å²) < 4.78 is 28.4. The van der Waals surface area contributed by atoms with Crippen LogP contribution in [-0.4, -0.2) is 49.2 Å². The van der Waals surface area contributed by atoms with E-state index < -0.39 is 10.2 Å². The highest BCUT2D eigenvalue weighted by molar-refractivity contribution is 7.86. The van der Waals surface area contributed by atoms with Crippen molar-refractivity contribution >= 4 is 10.2 Å². The van der Waals surface area contributed by atoms with Crippen LogP contribution in [0.4, 0.5) is 0 Å². The molecule has 0 aliphatic heterocycles. The lowest BCUT2D eigenvalue weighted by Gasteiger charge is -2.35. The molecule has 0 heterocycles. The Bertz CT molecular complexity index is 345. The second kappa shape index (κ2) is 7.57. The van der Waals surface area contributed by atoms with Crippen molar-refractivity contribution in [2.45, 2.75) is 64.5 Å². The summed E-state index contributed by atoms with van der Waals surface area (Å²) in [6.07, 6.45) is 5.30. The van der Waals surface area contributed by atoms with Crippen LogP contribution in [0.1, 0.15) is 52.4 Å². The van der Waals surface area contributed by atoms with Crippen molar-refractivity contribution in [3.8, 4) is 0 Å². The lowest BCUT2D eigenvalue weighted by Crippen LogP contribution is -2.48. The van der Waals surface area contributed by atoms with Crippen molar-refractivity contribution in [2.24, 2.45) is 5.73 Å². The van der Waals surface area contributed by atoms with E-state index in [9.17, 15) is 8.42 Å². The highest BCUT2D eigenvalue weighted by Gasteiger charge is 2.32. The van der Waals surface area contributed by atoms with Gasteiger partial charge in [-0.1, -0.05) is 13.8 Å². The van der Waals surface area contributed by atoms with E-state index in [0.717, 1.165) is 38.5 Å². The van der Waals surface area contributed by atoms with E-state index in [1.807, 2.05) is 13.8 Å². The Kier molecular flexibility index (Phi) is 6.73. The van der Waals surface area contributed by atoms with Gasteiger partial charge < -0.3 is 5.73 Å². The Morgan fingerprint density at radius 2 is 1.53 bits per heavy atom. The number of hydrogen-bond acceptors (Lipinski definition) is 3. The summed E-state index contributed by atoms with van der Waals surface area (Å²) in [5, 5.41) is 0. The van der Waals surface area contributed by atoms with Crippen LogP contribution in [0.15, 0.2) is 0 Å². The predicted molar refractivity (Wildman–Crippen MR) is 79.1 cm³/mol. The van der Waals surface area contributed by atoms with Crippen molar-refractivity contribution in [3.63, 3.8) is 0 Å². The number of nitrogens with zero attached hydrogens (tertiary/aromatic N) is 2. The van der Waals surface area contributed by atoms with Crippen LogP contribution >= 0.6 is 0 Å². The minimum atomic E-state index is -3.32. The summed E-state index contributed by atoms with van der Waals surface area (Å²) in [7, 11) is -1.60. The van der Waals surface area contributed by atoms with Gasteiger partial charge in [-0.2, -0.15) is 17.0 Å². The van der Waals surface area contributed by atoms with Gasteiger partial charge in [-0.15, -0.1) is 0 Å². The number of hydrogen-bond donors (Lipinski definition) is 1. The predicted octanol–water partition coefficient (Wildman–Crippen LogP) is 1.55. The standard InChI is InChI=1S/C13H29N3O2S/c1-4-10-16(11-5-2)19(17,18)15(3)13-8-6-12(14)7-9-13/h12-13H,4-11,14H2,1-3H3. The lowest BCUT2D eigenvalue weighted by molar-refractivity contribution is 0.249. The van der Waals surface area contributed by atoms with Gasteiger partial charge in [0.1, 0.15) is 0 Å². The van der Waals surface area contributed by atoms with Crippen LogP contribution in [0.2, 0.25) is 0 Å². The second-order valence-corrected chi connectivity index (χ2v) is 7.48. The molecule has 0 spiro atoms. The molecule has 0 atom stereocenters.